The number of hydrazone groups is 1. The molecule has 1 atom stereocenters. The van der Waals surface area contributed by atoms with Crippen LogP contribution in [0.5, 0.6) is 17.4 Å². The molecule has 9 nitrogen and oxygen atoms in total. The van der Waals surface area contributed by atoms with Crippen LogP contribution in [0.1, 0.15) is 23.6 Å². The minimum absolute atomic E-state index is 0.0692. The van der Waals surface area contributed by atoms with Gasteiger partial charge in [0.2, 0.25) is 12.7 Å². The standard InChI is InChI=1S/C20H15ClN4O5/c21-11-2-4-12(5-3-11)25-19(27)17(18(26)22-20(25)28)14-8-13(23-24-14)10-1-6-15-16(7-10)30-9-29-15/h1-7,13,23,27H,8-9H2,(H,22,26,28)/t13-/m1/s1. The predicted molar refractivity (Wildman–Crippen MR) is 109 cm³/mol. The van der Waals surface area contributed by atoms with E-state index in [1.54, 1.807) is 24.3 Å². The number of nitrogens with zero attached hydrogens (tertiary/aromatic N) is 2. The number of aromatic amines is 1. The minimum atomic E-state index is -0.762. The van der Waals surface area contributed by atoms with Crippen LogP contribution in [0.25, 0.3) is 5.69 Å². The van der Waals surface area contributed by atoms with E-state index in [-0.39, 0.29) is 18.4 Å². The highest BCUT2D eigenvalue weighted by molar-refractivity contribution is 6.30. The molecule has 3 aromatic rings. The van der Waals surface area contributed by atoms with Crippen molar-refractivity contribution >= 4 is 17.3 Å². The van der Waals surface area contributed by atoms with Crippen LogP contribution in [0.3, 0.4) is 0 Å². The minimum Gasteiger partial charge on any atom is -0.493 e. The number of H-pyrrole nitrogens is 1. The maximum Gasteiger partial charge on any atom is 0.335 e. The van der Waals surface area contributed by atoms with Gasteiger partial charge in [0.25, 0.3) is 5.56 Å². The van der Waals surface area contributed by atoms with Crippen LogP contribution >= 0.6 is 11.6 Å². The van der Waals surface area contributed by atoms with Gasteiger partial charge in [-0.05, 0) is 42.0 Å². The third-order valence-electron chi connectivity index (χ3n) is 5.01. The second kappa shape index (κ2) is 6.96. The van der Waals surface area contributed by atoms with Crippen molar-refractivity contribution in [2.75, 3.05) is 6.79 Å². The molecule has 30 heavy (non-hydrogen) atoms. The van der Waals surface area contributed by atoms with Gasteiger partial charge in [-0.25, -0.2) is 9.36 Å². The maximum atomic E-state index is 12.5. The lowest BCUT2D eigenvalue weighted by molar-refractivity contribution is 0.174. The van der Waals surface area contributed by atoms with Gasteiger partial charge < -0.3 is 20.0 Å². The fourth-order valence-electron chi connectivity index (χ4n) is 3.54. The van der Waals surface area contributed by atoms with E-state index in [1.165, 1.54) is 0 Å². The number of halogens is 1. The highest BCUT2D eigenvalue weighted by Gasteiger charge is 2.28. The third kappa shape index (κ3) is 3.00. The van der Waals surface area contributed by atoms with Crippen molar-refractivity contribution in [1.29, 1.82) is 0 Å². The smallest absolute Gasteiger partial charge is 0.335 e. The Kier molecular flexibility index (Phi) is 4.25. The molecule has 0 saturated carbocycles. The fourth-order valence-corrected chi connectivity index (χ4v) is 3.66. The second-order valence-corrected chi connectivity index (χ2v) is 7.26. The van der Waals surface area contributed by atoms with E-state index in [2.05, 4.69) is 15.5 Å². The number of fused-ring (bicyclic) bond motifs is 1. The average molecular weight is 427 g/mol. The number of aromatic nitrogens is 2. The summed E-state index contributed by atoms with van der Waals surface area (Å²) in [5, 5.41) is 15.5. The van der Waals surface area contributed by atoms with Crippen LogP contribution in [0, 0.1) is 0 Å². The molecule has 0 radical (unpaired) electrons. The first kappa shape index (κ1) is 18.3. The van der Waals surface area contributed by atoms with Crippen LogP contribution in [-0.2, 0) is 0 Å². The Morgan fingerprint density at radius 1 is 1.10 bits per heavy atom. The van der Waals surface area contributed by atoms with E-state index in [0.717, 1.165) is 10.1 Å². The Morgan fingerprint density at radius 3 is 2.67 bits per heavy atom. The molecule has 0 saturated heterocycles. The Balaban J connectivity index is 1.50. The van der Waals surface area contributed by atoms with Gasteiger partial charge in [0.15, 0.2) is 11.5 Å². The first-order valence-electron chi connectivity index (χ1n) is 9.07. The largest absolute Gasteiger partial charge is 0.493 e. The van der Waals surface area contributed by atoms with E-state index in [9.17, 15) is 14.7 Å². The monoisotopic (exact) mass is 426 g/mol. The molecule has 0 unspecified atom stereocenters. The summed E-state index contributed by atoms with van der Waals surface area (Å²) in [7, 11) is 0. The Bertz CT molecular complexity index is 1300. The summed E-state index contributed by atoms with van der Waals surface area (Å²) in [6.07, 6.45) is 0.328. The summed E-state index contributed by atoms with van der Waals surface area (Å²) in [6, 6.07) is 11.6. The molecule has 0 fully saturated rings. The van der Waals surface area contributed by atoms with Crippen molar-refractivity contribution in [1.82, 2.24) is 15.0 Å². The third-order valence-corrected chi connectivity index (χ3v) is 5.26. The SMILES string of the molecule is O=c1[nH]c(=O)n(-c2ccc(Cl)cc2)c(O)c1C1=NN[C@@H](c2ccc3c(c2)OCO3)C1. The second-order valence-electron chi connectivity index (χ2n) is 6.83. The van der Waals surface area contributed by atoms with Crippen molar-refractivity contribution in [2.45, 2.75) is 12.5 Å². The molecule has 2 aliphatic heterocycles. The van der Waals surface area contributed by atoms with Crippen molar-refractivity contribution in [3.63, 3.8) is 0 Å². The average Bonchev–Trinajstić information content (AvgIpc) is 3.38. The summed E-state index contributed by atoms with van der Waals surface area (Å²) >= 11 is 5.90. The molecule has 2 aliphatic rings. The van der Waals surface area contributed by atoms with E-state index < -0.39 is 17.1 Å². The maximum absolute atomic E-state index is 12.5. The van der Waals surface area contributed by atoms with Gasteiger partial charge in [-0.2, -0.15) is 5.10 Å². The number of nitrogens with one attached hydrogen (secondary N) is 2. The van der Waals surface area contributed by atoms with Crippen LogP contribution in [0.2, 0.25) is 5.02 Å². The molecule has 0 aliphatic carbocycles. The number of benzene rings is 2. The number of aromatic hydroxyl groups is 1. The van der Waals surface area contributed by atoms with Gasteiger partial charge in [-0.15, -0.1) is 0 Å². The lowest BCUT2D eigenvalue weighted by Crippen LogP contribution is -2.33. The Labute approximate surface area is 174 Å². The predicted octanol–water partition coefficient (Wildman–Crippen LogP) is 2.05. The van der Waals surface area contributed by atoms with Crippen molar-refractivity contribution < 1.29 is 14.6 Å². The van der Waals surface area contributed by atoms with Gasteiger partial charge in [-0.3, -0.25) is 9.78 Å². The molecule has 10 heteroatoms. The van der Waals surface area contributed by atoms with E-state index in [4.69, 9.17) is 21.1 Å². The quantitative estimate of drug-likeness (QED) is 0.590. The fraction of sp³-hybridized carbons (Fsp3) is 0.150. The number of hydrogen-bond acceptors (Lipinski definition) is 7. The van der Waals surface area contributed by atoms with Crippen LogP contribution in [0.4, 0.5) is 0 Å². The molecule has 3 heterocycles. The van der Waals surface area contributed by atoms with Crippen LogP contribution < -0.4 is 26.1 Å². The molecule has 0 spiro atoms. The molecular weight excluding hydrogens is 412 g/mol. The highest BCUT2D eigenvalue weighted by atomic mass is 35.5. The van der Waals surface area contributed by atoms with E-state index in [0.29, 0.717) is 34.3 Å². The van der Waals surface area contributed by atoms with Crippen molar-refractivity contribution in [3.8, 4) is 23.1 Å². The zero-order chi connectivity index (χ0) is 20.8. The van der Waals surface area contributed by atoms with Crippen LogP contribution in [0.15, 0.2) is 57.2 Å². The summed E-state index contributed by atoms with van der Waals surface area (Å²) in [5.41, 5.74) is 3.01. The van der Waals surface area contributed by atoms with Gasteiger partial charge in [0, 0.05) is 11.4 Å². The van der Waals surface area contributed by atoms with Gasteiger partial charge in [-0.1, -0.05) is 17.7 Å². The molecule has 152 valence electrons. The summed E-state index contributed by atoms with van der Waals surface area (Å²) in [4.78, 5) is 27.1. The number of hydrogen-bond donors (Lipinski definition) is 3. The summed E-state index contributed by atoms with van der Waals surface area (Å²) in [6.45, 7) is 0.175. The summed E-state index contributed by atoms with van der Waals surface area (Å²) < 4.78 is 11.7. The first-order chi connectivity index (χ1) is 14.5. The molecule has 0 amide bonds. The Hall–Kier alpha value is -3.72. The summed E-state index contributed by atoms with van der Waals surface area (Å²) in [5.74, 6) is 0.819. The Morgan fingerprint density at radius 2 is 1.87 bits per heavy atom. The number of rotatable bonds is 3. The first-order valence-corrected chi connectivity index (χ1v) is 9.45. The van der Waals surface area contributed by atoms with Gasteiger partial charge >= 0.3 is 5.69 Å². The molecular formula is C20H15ClN4O5. The lowest BCUT2D eigenvalue weighted by atomic mass is 9.99. The molecule has 5 rings (SSSR count). The van der Waals surface area contributed by atoms with Crippen molar-refractivity contribution in [2.24, 2.45) is 5.10 Å². The highest BCUT2D eigenvalue weighted by Crippen LogP contribution is 2.36. The number of ether oxygens (including phenoxy) is 2. The molecule has 3 N–H and O–H groups in total. The van der Waals surface area contributed by atoms with Gasteiger partial charge in [0.05, 0.1) is 17.4 Å². The topological polar surface area (TPSA) is 118 Å². The zero-order valence-corrected chi connectivity index (χ0v) is 16.1. The molecule has 1 aromatic heterocycles. The lowest BCUT2D eigenvalue weighted by Gasteiger charge is -2.12. The zero-order valence-electron chi connectivity index (χ0n) is 15.4. The van der Waals surface area contributed by atoms with Crippen molar-refractivity contribution in [3.05, 3.63) is 79.5 Å². The van der Waals surface area contributed by atoms with E-state index in [1.807, 2.05) is 18.2 Å². The molecule has 2 aromatic carbocycles. The molecule has 0 bridgehead atoms. The van der Waals surface area contributed by atoms with E-state index >= 15 is 0 Å². The van der Waals surface area contributed by atoms with Crippen LogP contribution in [-0.4, -0.2) is 27.2 Å². The van der Waals surface area contributed by atoms with Gasteiger partial charge in [0.1, 0.15) is 5.56 Å². The normalized spacial score (nSPS) is 17.0.